The Labute approximate surface area is 114 Å². The van der Waals surface area contributed by atoms with E-state index in [1.54, 1.807) is 6.07 Å². The first-order valence-corrected chi connectivity index (χ1v) is 6.27. The zero-order valence-corrected chi connectivity index (χ0v) is 10.7. The van der Waals surface area contributed by atoms with Crippen LogP contribution in [-0.4, -0.2) is 9.97 Å². The number of nitrogens with two attached hydrogens (primary N) is 1. The van der Waals surface area contributed by atoms with Crippen LogP contribution in [0.1, 0.15) is 17.0 Å². The summed E-state index contributed by atoms with van der Waals surface area (Å²) in [6.07, 6.45) is 0.420. The van der Waals surface area contributed by atoms with Crippen molar-refractivity contribution in [3.8, 4) is 0 Å². The van der Waals surface area contributed by atoms with Crippen LogP contribution < -0.4 is 5.73 Å². The van der Waals surface area contributed by atoms with Crippen LogP contribution in [0, 0.1) is 11.6 Å². The molecule has 0 fully saturated rings. The molecule has 0 aliphatic carbocycles. The minimum Gasteiger partial charge on any atom is -0.342 e. The van der Waals surface area contributed by atoms with Crippen molar-refractivity contribution in [2.45, 2.75) is 13.0 Å². The monoisotopic (exact) mass is 273 g/mol. The molecule has 3 N–H and O–H groups in total. The van der Waals surface area contributed by atoms with Crippen molar-refractivity contribution in [1.29, 1.82) is 0 Å². The van der Waals surface area contributed by atoms with Gasteiger partial charge in [-0.2, -0.15) is 0 Å². The lowest BCUT2D eigenvalue weighted by Crippen LogP contribution is -1.95. The number of nitrogens with zero attached hydrogens (tertiary/aromatic N) is 1. The minimum atomic E-state index is -0.843. The highest BCUT2D eigenvalue weighted by atomic mass is 19.2. The van der Waals surface area contributed by atoms with Crippen molar-refractivity contribution in [2.24, 2.45) is 5.73 Å². The first kappa shape index (κ1) is 12.7. The lowest BCUT2D eigenvalue weighted by Gasteiger charge is -1.99. The van der Waals surface area contributed by atoms with E-state index in [0.29, 0.717) is 24.4 Å². The second-order valence-corrected chi connectivity index (χ2v) is 4.66. The van der Waals surface area contributed by atoms with Crippen molar-refractivity contribution in [3.63, 3.8) is 0 Å². The van der Waals surface area contributed by atoms with Gasteiger partial charge in [0.15, 0.2) is 11.6 Å². The molecule has 0 bridgehead atoms. The Morgan fingerprint density at radius 3 is 2.55 bits per heavy atom. The molecule has 0 aliphatic rings. The van der Waals surface area contributed by atoms with Crippen molar-refractivity contribution in [3.05, 3.63) is 65.0 Å². The average Bonchev–Trinajstić information content (AvgIpc) is 2.84. The standard InChI is InChI=1S/C15H13F2N3/c16-11-3-1-9(5-12(11)17)7-15-19-13-4-2-10(8-18)6-14(13)20-15/h1-6H,7-8,18H2,(H,19,20). The maximum atomic E-state index is 13.2. The minimum absolute atomic E-state index is 0.420. The summed E-state index contributed by atoms with van der Waals surface area (Å²) in [5.41, 5.74) is 9.00. The molecule has 102 valence electrons. The van der Waals surface area contributed by atoms with Crippen LogP contribution in [0.5, 0.6) is 0 Å². The molecule has 3 nitrogen and oxygen atoms in total. The van der Waals surface area contributed by atoms with E-state index in [1.807, 2.05) is 18.2 Å². The summed E-state index contributed by atoms with van der Waals surface area (Å²) in [7, 11) is 0. The van der Waals surface area contributed by atoms with Gasteiger partial charge in [0.1, 0.15) is 5.82 Å². The van der Waals surface area contributed by atoms with Crippen molar-refractivity contribution in [1.82, 2.24) is 9.97 Å². The summed E-state index contributed by atoms with van der Waals surface area (Å²) in [5, 5.41) is 0. The fourth-order valence-corrected chi connectivity index (χ4v) is 2.16. The molecule has 3 rings (SSSR count). The molecule has 0 unspecified atom stereocenters. The first-order valence-electron chi connectivity index (χ1n) is 6.27. The number of hydrogen-bond acceptors (Lipinski definition) is 2. The molecule has 2 aromatic carbocycles. The van der Waals surface area contributed by atoms with Crippen LogP contribution in [0.4, 0.5) is 8.78 Å². The van der Waals surface area contributed by atoms with Crippen LogP contribution in [0.3, 0.4) is 0 Å². The number of imidazole rings is 1. The summed E-state index contributed by atoms with van der Waals surface area (Å²) in [4.78, 5) is 7.59. The van der Waals surface area contributed by atoms with Gasteiger partial charge >= 0.3 is 0 Å². The van der Waals surface area contributed by atoms with Crippen LogP contribution >= 0.6 is 0 Å². The van der Waals surface area contributed by atoms with Gasteiger partial charge in [-0.15, -0.1) is 0 Å². The van der Waals surface area contributed by atoms with Gasteiger partial charge in [0, 0.05) is 13.0 Å². The fraction of sp³-hybridized carbons (Fsp3) is 0.133. The number of hydrogen-bond donors (Lipinski definition) is 2. The second-order valence-electron chi connectivity index (χ2n) is 4.66. The highest BCUT2D eigenvalue weighted by Crippen LogP contribution is 2.17. The van der Waals surface area contributed by atoms with Gasteiger partial charge in [-0.3, -0.25) is 0 Å². The summed E-state index contributed by atoms with van der Waals surface area (Å²) in [6, 6.07) is 9.62. The fourth-order valence-electron chi connectivity index (χ4n) is 2.16. The number of H-pyrrole nitrogens is 1. The Morgan fingerprint density at radius 1 is 1.00 bits per heavy atom. The molecule has 0 saturated heterocycles. The van der Waals surface area contributed by atoms with Crippen LogP contribution in [0.2, 0.25) is 0 Å². The van der Waals surface area contributed by atoms with E-state index < -0.39 is 11.6 Å². The lowest BCUT2D eigenvalue weighted by molar-refractivity contribution is 0.507. The molecule has 0 radical (unpaired) electrons. The summed E-state index contributed by atoms with van der Waals surface area (Å²) < 4.78 is 26.0. The van der Waals surface area contributed by atoms with E-state index in [0.717, 1.165) is 22.7 Å². The predicted octanol–water partition coefficient (Wildman–Crippen LogP) is 2.89. The Bertz CT molecular complexity index is 765. The van der Waals surface area contributed by atoms with E-state index in [-0.39, 0.29) is 0 Å². The van der Waals surface area contributed by atoms with Crippen LogP contribution in [-0.2, 0) is 13.0 Å². The molecule has 3 aromatic rings. The average molecular weight is 273 g/mol. The van der Waals surface area contributed by atoms with E-state index in [4.69, 9.17) is 5.73 Å². The Balaban J connectivity index is 1.92. The molecule has 0 aliphatic heterocycles. The third-order valence-electron chi connectivity index (χ3n) is 3.19. The normalized spacial score (nSPS) is 11.2. The Morgan fingerprint density at radius 2 is 1.80 bits per heavy atom. The summed E-state index contributed by atoms with van der Waals surface area (Å²) in [6.45, 7) is 0.466. The topological polar surface area (TPSA) is 54.7 Å². The van der Waals surface area contributed by atoms with E-state index in [2.05, 4.69) is 9.97 Å². The van der Waals surface area contributed by atoms with Crippen molar-refractivity contribution >= 4 is 11.0 Å². The second kappa shape index (κ2) is 5.02. The van der Waals surface area contributed by atoms with Gasteiger partial charge in [-0.25, -0.2) is 13.8 Å². The summed E-state index contributed by atoms with van der Waals surface area (Å²) in [5.74, 6) is -0.977. The number of aromatic nitrogens is 2. The molecule has 0 amide bonds. The third kappa shape index (κ3) is 2.40. The van der Waals surface area contributed by atoms with Gasteiger partial charge in [-0.05, 0) is 35.4 Å². The van der Waals surface area contributed by atoms with Crippen molar-refractivity contribution in [2.75, 3.05) is 0 Å². The Kier molecular flexibility index (Phi) is 3.20. The van der Waals surface area contributed by atoms with Gasteiger partial charge in [0.25, 0.3) is 0 Å². The molecule has 1 aromatic heterocycles. The van der Waals surface area contributed by atoms with E-state index in [1.165, 1.54) is 6.07 Å². The largest absolute Gasteiger partial charge is 0.342 e. The van der Waals surface area contributed by atoms with Gasteiger partial charge < -0.3 is 10.7 Å². The molecular formula is C15H13F2N3. The first-order chi connectivity index (χ1) is 9.65. The zero-order chi connectivity index (χ0) is 14.1. The Hall–Kier alpha value is -2.27. The van der Waals surface area contributed by atoms with Gasteiger partial charge in [-0.1, -0.05) is 12.1 Å². The highest BCUT2D eigenvalue weighted by Gasteiger charge is 2.07. The number of benzene rings is 2. The molecule has 0 atom stereocenters. The van der Waals surface area contributed by atoms with E-state index in [9.17, 15) is 8.78 Å². The van der Waals surface area contributed by atoms with Crippen LogP contribution in [0.25, 0.3) is 11.0 Å². The number of aromatic amines is 1. The molecule has 0 spiro atoms. The molecule has 0 saturated carbocycles. The maximum Gasteiger partial charge on any atom is 0.159 e. The van der Waals surface area contributed by atoms with E-state index >= 15 is 0 Å². The highest BCUT2D eigenvalue weighted by molar-refractivity contribution is 5.75. The van der Waals surface area contributed by atoms with Gasteiger partial charge in [0.2, 0.25) is 0 Å². The van der Waals surface area contributed by atoms with Crippen molar-refractivity contribution < 1.29 is 8.78 Å². The number of rotatable bonds is 3. The molecule has 1 heterocycles. The van der Waals surface area contributed by atoms with Gasteiger partial charge in [0.05, 0.1) is 11.0 Å². The zero-order valence-electron chi connectivity index (χ0n) is 10.7. The SMILES string of the molecule is NCc1ccc2nc(Cc3ccc(F)c(F)c3)[nH]c2c1. The van der Waals surface area contributed by atoms with Crippen LogP contribution in [0.15, 0.2) is 36.4 Å². The molecule has 5 heteroatoms. The third-order valence-corrected chi connectivity index (χ3v) is 3.19. The predicted molar refractivity (Wildman–Crippen MR) is 73.1 cm³/mol. The quantitative estimate of drug-likeness (QED) is 0.771. The molecule has 20 heavy (non-hydrogen) atoms. The maximum absolute atomic E-state index is 13.2. The number of nitrogens with one attached hydrogen (secondary N) is 1. The summed E-state index contributed by atoms with van der Waals surface area (Å²) >= 11 is 0. The number of fused-ring (bicyclic) bond motifs is 1. The molecular weight excluding hydrogens is 260 g/mol. The number of halogens is 2. The lowest BCUT2D eigenvalue weighted by atomic mass is 10.1. The smallest absolute Gasteiger partial charge is 0.159 e.